The Hall–Kier alpha value is -0.920. The Morgan fingerprint density at radius 3 is 2.57 bits per heavy atom. The van der Waals surface area contributed by atoms with Crippen LogP contribution in [0, 0.1) is 11.7 Å². The zero-order valence-corrected chi connectivity index (χ0v) is 18.0. The molecule has 0 spiro atoms. The van der Waals surface area contributed by atoms with Crippen molar-refractivity contribution < 1.29 is 14.3 Å². The molecular formula is C20H32Cl2FN3O2. The van der Waals surface area contributed by atoms with Crippen molar-refractivity contribution in [2.75, 3.05) is 39.8 Å². The molecule has 2 saturated heterocycles. The standard InChI is InChI=1S/C20H30FN3O2.2ClH/c1-23(20(26)19-12-17(25)13-22-19)14-15-6-9-24(10-7-15)11-8-16-4-2-3-5-18(16)21;;/h2-5,15,17,19,22,25H,6-14H2,1H3;2*1H/t17-,19-;;/m1../s1. The molecular weight excluding hydrogens is 404 g/mol. The molecule has 0 aromatic heterocycles. The van der Waals surface area contributed by atoms with Crippen molar-refractivity contribution in [3.63, 3.8) is 0 Å². The molecule has 0 unspecified atom stereocenters. The Labute approximate surface area is 179 Å². The molecule has 3 rings (SSSR count). The Balaban J connectivity index is 0.00000196. The second-order valence-corrected chi connectivity index (χ2v) is 7.70. The molecule has 0 bridgehead atoms. The van der Waals surface area contributed by atoms with Crippen LogP contribution in [0.3, 0.4) is 0 Å². The van der Waals surface area contributed by atoms with E-state index in [1.807, 2.05) is 24.1 Å². The van der Waals surface area contributed by atoms with Gasteiger partial charge in [0.1, 0.15) is 5.82 Å². The zero-order valence-electron chi connectivity index (χ0n) is 16.3. The van der Waals surface area contributed by atoms with E-state index in [0.29, 0.717) is 18.9 Å². The van der Waals surface area contributed by atoms with E-state index in [1.165, 1.54) is 6.07 Å². The summed E-state index contributed by atoms with van der Waals surface area (Å²) in [5.74, 6) is 0.483. The number of aliphatic hydroxyl groups excluding tert-OH is 1. The molecule has 0 saturated carbocycles. The summed E-state index contributed by atoms with van der Waals surface area (Å²) in [6.07, 6.45) is 2.98. The van der Waals surface area contributed by atoms with Crippen LogP contribution in [0.5, 0.6) is 0 Å². The average Bonchev–Trinajstić information content (AvgIpc) is 3.08. The lowest BCUT2D eigenvalue weighted by Crippen LogP contribution is -2.45. The number of nitrogens with one attached hydrogen (secondary N) is 1. The van der Waals surface area contributed by atoms with E-state index in [0.717, 1.165) is 51.0 Å². The van der Waals surface area contributed by atoms with Gasteiger partial charge in [-0.2, -0.15) is 0 Å². The van der Waals surface area contributed by atoms with Crippen LogP contribution in [0.25, 0.3) is 0 Å². The number of nitrogens with zero attached hydrogens (tertiary/aromatic N) is 2. The first-order valence-corrected chi connectivity index (χ1v) is 9.65. The van der Waals surface area contributed by atoms with Gasteiger partial charge in [0.15, 0.2) is 0 Å². The van der Waals surface area contributed by atoms with Gasteiger partial charge in [-0.05, 0) is 56.3 Å². The first kappa shape index (κ1) is 25.1. The van der Waals surface area contributed by atoms with Crippen LogP contribution in [-0.4, -0.2) is 72.7 Å². The number of carbonyl (C=O) groups is 1. The van der Waals surface area contributed by atoms with Crippen molar-refractivity contribution in [1.29, 1.82) is 0 Å². The van der Waals surface area contributed by atoms with Crippen molar-refractivity contribution >= 4 is 30.7 Å². The second-order valence-electron chi connectivity index (χ2n) is 7.70. The fourth-order valence-electron chi connectivity index (χ4n) is 4.02. The van der Waals surface area contributed by atoms with Crippen LogP contribution in [0.15, 0.2) is 24.3 Å². The van der Waals surface area contributed by atoms with Gasteiger partial charge in [-0.3, -0.25) is 4.79 Å². The molecule has 2 fully saturated rings. The minimum atomic E-state index is -0.407. The number of hydrogen-bond acceptors (Lipinski definition) is 4. The number of likely N-dealkylation sites (tertiary alicyclic amines) is 1. The number of halogens is 3. The molecule has 2 atom stereocenters. The van der Waals surface area contributed by atoms with Crippen LogP contribution in [0.1, 0.15) is 24.8 Å². The van der Waals surface area contributed by atoms with Crippen molar-refractivity contribution in [3.8, 4) is 0 Å². The molecule has 8 heteroatoms. The summed E-state index contributed by atoms with van der Waals surface area (Å²) in [5, 5.41) is 12.7. The van der Waals surface area contributed by atoms with E-state index in [-0.39, 0.29) is 42.6 Å². The number of amides is 1. The maximum absolute atomic E-state index is 13.7. The third-order valence-electron chi connectivity index (χ3n) is 5.68. The van der Waals surface area contributed by atoms with Gasteiger partial charge in [-0.15, -0.1) is 24.8 Å². The predicted octanol–water partition coefficient (Wildman–Crippen LogP) is 2.11. The molecule has 5 nitrogen and oxygen atoms in total. The largest absolute Gasteiger partial charge is 0.392 e. The summed E-state index contributed by atoms with van der Waals surface area (Å²) >= 11 is 0. The summed E-state index contributed by atoms with van der Waals surface area (Å²) in [4.78, 5) is 16.6. The average molecular weight is 436 g/mol. The van der Waals surface area contributed by atoms with E-state index in [1.54, 1.807) is 6.07 Å². The van der Waals surface area contributed by atoms with Gasteiger partial charge in [0.05, 0.1) is 12.1 Å². The molecule has 160 valence electrons. The van der Waals surface area contributed by atoms with Gasteiger partial charge in [0.2, 0.25) is 5.91 Å². The van der Waals surface area contributed by atoms with Gasteiger partial charge in [0.25, 0.3) is 0 Å². The highest BCUT2D eigenvalue weighted by molar-refractivity contribution is 5.85. The van der Waals surface area contributed by atoms with Crippen molar-refractivity contribution in [1.82, 2.24) is 15.1 Å². The Kier molecular flexibility index (Phi) is 10.7. The first-order valence-electron chi connectivity index (χ1n) is 9.65. The van der Waals surface area contributed by atoms with E-state index >= 15 is 0 Å². The van der Waals surface area contributed by atoms with Crippen molar-refractivity contribution in [2.24, 2.45) is 5.92 Å². The fourth-order valence-corrected chi connectivity index (χ4v) is 4.02. The summed E-state index contributed by atoms with van der Waals surface area (Å²) in [6.45, 7) is 4.16. The third-order valence-corrected chi connectivity index (χ3v) is 5.68. The summed E-state index contributed by atoms with van der Waals surface area (Å²) in [6, 6.07) is 6.75. The predicted molar refractivity (Wildman–Crippen MR) is 114 cm³/mol. The third kappa shape index (κ3) is 6.85. The van der Waals surface area contributed by atoms with Crippen molar-refractivity contribution in [2.45, 2.75) is 37.8 Å². The molecule has 2 N–H and O–H groups in total. The smallest absolute Gasteiger partial charge is 0.239 e. The van der Waals surface area contributed by atoms with E-state index in [2.05, 4.69) is 10.2 Å². The minimum Gasteiger partial charge on any atom is -0.392 e. The van der Waals surface area contributed by atoms with Crippen LogP contribution in [0.4, 0.5) is 4.39 Å². The summed E-state index contributed by atoms with van der Waals surface area (Å²) < 4.78 is 13.7. The molecule has 1 aromatic rings. The number of hydrogen-bond donors (Lipinski definition) is 2. The zero-order chi connectivity index (χ0) is 18.5. The highest BCUT2D eigenvalue weighted by Crippen LogP contribution is 2.20. The van der Waals surface area contributed by atoms with Crippen molar-refractivity contribution in [3.05, 3.63) is 35.6 Å². The van der Waals surface area contributed by atoms with Crippen LogP contribution < -0.4 is 5.32 Å². The van der Waals surface area contributed by atoms with Crippen LogP contribution >= 0.6 is 24.8 Å². The van der Waals surface area contributed by atoms with Gasteiger partial charge >= 0.3 is 0 Å². The maximum Gasteiger partial charge on any atom is 0.239 e. The summed E-state index contributed by atoms with van der Waals surface area (Å²) in [7, 11) is 1.86. The van der Waals surface area contributed by atoms with E-state index < -0.39 is 6.10 Å². The van der Waals surface area contributed by atoms with Gasteiger partial charge < -0.3 is 20.2 Å². The SMILES string of the molecule is CN(CC1CCN(CCc2ccccc2F)CC1)C(=O)[C@H]1C[C@@H](O)CN1.Cl.Cl. The second kappa shape index (κ2) is 11.9. The molecule has 1 aromatic carbocycles. The highest BCUT2D eigenvalue weighted by atomic mass is 35.5. The first-order chi connectivity index (χ1) is 12.5. The Morgan fingerprint density at radius 2 is 1.96 bits per heavy atom. The molecule has 28 heavy (non-hydrogen) atoms. The number of carbonyl (C=O) groups excluding carboxylic acids is 1. The molecule has 2 heterocycles. The number of piperidine rings is 1. The van der Waals surface area contributed by atoms with Gasteiger partial charge in [-0.1, -0.05) is 18.2 Å². The lowest BCUT2D eigenvalue weighted by molar-refractivity contribution is -0.132. The molecule has 2 aliphatic rings. The molecule has 0 aliphatic carbocycles. The lowest BCUT2D eigenvalue weighted by atomic mass is 9.95. The Morgan fingerprint density at radius 1 is 1.29 bits per heavy atom. The number of likely N-dealkylation sites (N-methyl/N-ethyl adjacent to an activating group) is 1. The molecule has 1 amide bonds. The number of rotatable bonds is 6. The maximum atomic E-state index is 13.7. The molecule has 2 aliphatic heterocycles. The number of β-amino-alcohol motifs (C(OH)–C–C–N with tert-alkyl or cyclic N) is 1. The number of aliphatic hydroxyl groups is 1. The van der Waals surface area contributed by atoms with Gasteiger partial charge in [-0.25, -0.2) is 4.39 Å². The van der Waals surface area contributed by atoms with E-state index in [4.69, 9.17) is 0 Å². The lowest BCUT2D eigenvalue weighted by Gasteiger charge is -2.34. The topological polar surface area (TPSA) is 55.8 Å². The van der Waals surface area contributed by atoms with Crippen LogP contribution in [0.2, 0.25) is 0 Å². The minimum absolute atomic E-state index is 0. The highest BCUT2D eigenvalue weighted by Gasteiger charge is 2.31. The Bertz CT molecular complexity index is 615. The summed E-state index contributed by atoms with van der Waals surface area (Å²) in [5.41, 5.74) is 0.784. The fraction of sp³-hybridized carbons (Fsp3) is 0.650. The monoisotopic (exact) mass is 435 g/mol. The van der Waals surface area contributed by atoms with Gasteiger partial charge in [0, 0.05) is 26.7 Å². The number of benzene rings is 1. The molecule has 0 radical (unpaired) electrons. The van der Waals surface area contributed by atoms with Crippen LogP contribution in [-0.2, 0) is 11.2 Å². The normalized spacial score (nSPS) is 23.0. The van der Waals surface area contributed by atoms with E-state index in [9.17, 15) is 14.3 Å². The quantitative estimate of drug-likeness (QED) is 0.718.